The fourth-order valence-electron chi connectivity index (χ4n) is 2.59. The molecule has 2 heterocycles. The summed E-state index contributed by atoms with van der Waals surface area (Å²) in [6.07, 6.45) is 4.01. The summed E-state index contributed by atoms with van der Waals surface area (Å²) in [6, 6.07) is 15.1. The van der Waals surface area contributed by atoms with Gasteiger partial charge in [-0.1, -0.05) is 18.2 Å². The molecule has 0 aliphatic heterocycles. The molecule has 0 spiro atoms. The third kappa shape index (κ3) is 4.63. The van der Waals surface area contributed by atoms with E-state index in [1.165, 1.54) is 0 Å². The second-order valence-electron chi connectivity index (χ2n) is 5.68. The standard InChI is InChI=1S/C20H21N3O3/c1-25-19-7-3-2-5-15(19)8-10-21-16-9-11-22-18(13-16)20(24)23-14-17-6-4-12-26-17/h2-7,9,11-13H,8,10,14H2,1H3,(H,21,22)(H,23,24). The lowest BCUT2D eigenvalue weighted by atomic mass is 10.1. The number of carbonyl (C=O) groups is 1. The Morgan fingerprint density at radius 3 is 2.88 bits per heavy atom. The van der Waals surface area contributed by atoms with E-state index >= 15 is 0 Å². The van der Waals surface area contributed by atoms with Crippen molar-refractivity contribution >= 4 is 11.6 Å². The second kappa shape index (κ2) is 8.71. The summed E-state index contributed by atoms with van der Waals surface area (Å²) in [5, 5.41) is 6.10. The minimum Gasteiger partial charge on any atom is -0.496 e. The molecule has 6 heteroatoms. The van der Waals surface area contributed by atoms with Crippen LogP contribution in [0.5, 0.6) is 5.75 Å². The van der Waals surface area contributed by atoms with Crippen LogP contribution < -0.4 is 15.4 Å². The van der Waals surface area contributed by atoms with E-state index in [4.69, 9.17) is 9.15 Å². The van der Waals surface area contributed by atoms with Crippen LogP contribution in [0.4, 0.5) is 5.69 Å². The van der Waals surface area contributed by atoms with E-state index in [9.17, 15) is 4.79 Å². The van der Waals surface area contributed by atoms with Gasteiger partial charge in [0.15, 0.2) is 0 Å². The van der Waals surface area contributed by atoms with Gasteiger partial charge >= 0.3 is 0 Å². The van der Waals surface area contributed by atoms with Crippen molar-refractivity contribution < 1.29 is 13.9 Å². The van der Waals surface area contributed by atoms with Gasteiger partial charge in [0.2, 0.25) is 0 Å². The van der Waals surface area contributed by atoms with Crippen LogP contribution >= 0.6 is 0 Å². The van der Waals surface area contributed by atoms with Gasteiger partial charge in [-0.2, -0.15) is 0 Å². The maximum atomic E-state index is 12.2. The Labute approximate surface area is 152 Å². The minimum atomic E-state index is -0.241. The average molecular weight is 351 g/mol. The van der Waals surface area contributed by atoms with E-state index in [1.807, 2.05) is 36.4 Å². The Morgan fingerprint density at radius 1 is 1.19 bits per heavy atom. The number of para-hydroxylation sites is 1. The van der Waals surface area contributed by atoms with E-state index in [2.05, 4.69) is 15.6 Å². The minimum absolute atomic E-state index is 0.241. The number of nitrogens with one attached hydrogen (secondary N) is 2. The molecule has 0 saturated heterocycles. The molecule has 0 aliphatic rings. The summed E-state index contributed by atoms with van der Waals surface area (Å²) < 4.78 is 10.6. The molecule has 2 aromatic heterocycles. The maximum Gasteiger partial charge on any atom is 0.270 e. The van der Waals surface area contributed by atoms with Crippen molar-refractivity contribution in [3.8, 4) is 5.75 Å². The molecule has 6 nitrogen and oxygen atoms in total. The maximum absolute atomic E-state index is 12.2. The molecule has 0 bridgehead atoms. The topological polar surface area (TPSA) is 76.4 Å². The number of hydrogen-bond donors (Lipinski definition) is 2. The fourth-order valence-corrected chi connectivity index (χ4v) is 2.59. The number of rotatable bonds is 8. The lowest BCUT2D eigenvalue weighted by Crippen LogP contribution is -2.23. The number of amides is 1. The summed E-state index contributed by atoms with van der Waals surface area (Å²) in [7, 11) is 1.67. The summed E-state index contributed by atoms with van der Waals surface area (Å²) >= 11 is 0. The number of nitrogens with zero attached hydrogens (tertiary/aromatic N) is 1. The van der Waals surface area contributed by atoms with Gasteiger partial charge < -0.3 is 19.8 Å². The average Bonchev–Trinajstić information content (AvgIpc) is 3.20. The quantitative estimate of drug-likeness (QED) is 0.651. The van der Waals surface area contributed by atoms with Gasteiger partial charge in [-0.3, -0.25) is 9.78 Å². The zero-order chi connectivity index (χ0) is 18.2. The van der Waals surface area contributed by atoms with Crippen molar-refractivity contribution in [2.45, 2.75) is 13.0 Å². The smallest absolute Gasteiger partial charge is 0.270 e. The molecular formula is C20H21N3O3. The highest BCUT2D eigenvalue weighted by atomic mass is 16.5. The third-order valence-corrected chi connectivity index (χ3v) is 3.91. The van der Waals surface area contributed by atoms with Crippen molar-refractivity contribution in [3.63, 3.8) is 0 Å². The highest BCUT2D eigenvalue weighted by Gasteiger charge is 2.09. The van der Waals surface area contributed by atoms with Crippen molar-refractivity contribution in [2.24, 2.45) is 0 Å². The Bertz CT molecular complexity index is 847. The van der Waals surface area contributed by atoms with Crippen LogP contribution in [0.1, 0.15) is 21.8 Å². The number of ether oxygens (including phenoxy) is 1. The molecule has 134 valence electrons. The Hall–Kier alpha value is -3.28. The molecule has 1 aromatic carbocycles. The lowest BCUT2D eigenvalue weighted by molar-refractivity contribution is 0.0943. The molecule has 0 aliphatic carbocycles. The van der Waals surface area contributed by atoms with Gasteiger partial charge in [0.1, 0.15) is 17.2 Å². The van der Waals surface area contributed by atoms with E-state index < -0.39 is 0 Å². The summed E-state index contributed by atoms with van der Waals surface area (Å²) in [5.41, 5.74) is 2.34. The number of pyridine rings is 1. The highest BCUT2D eigenvalue weighted by molar-refractivity contribution is 5.93. The van der Waals surface area contributed by atoms with E-state index in [1.54, 1.807) is 31.7 Å². The van der Waals surface area contributed by atoms with Crippen molar-refractivity contribution in [2.75, 3.05) is 19.0 Å². The molecule has 0 unspecified atom stereocenters. The summed E-state index contributed by atoms with van der Waals surface area (Å²) in [6.45, 7) is 1.05. The number of hydrogen-bond acceptors (Lipinski definition) is 5. The first-order valence-corrected chi connectivity index (χ1v) is 8.38. The van der Waals surface area contributed by atoms with Crippen molar-refractivity contribution in [1.29, 1.82) is 0 Å². The fraction of sp³-hybridized carbons (Fsp3) is 0.200. The van der Waals surface area contributed by atoms with Crippen LogP contribution in [0.2, 0.25) is 0 Å². The number of furan rings is 1. The molecule has 3 rings (SSSR count). The zero-order valence-corrected chi connectivity index (χ0v) is 14.6. The predicted molar refractivity (Wildman–Crippen MR) is 99.3 cm³/mol. The first-order chi connectivity index (χ1) is 12.8. The monoisotopic (exact) mass is 351 g/mol. The van der Waals surface area contributed by atoms with Gasteiger partial charge in [-0.05, 0) is 42.3 Å². The molecule has 0 saturated carbocycles. The van der Waals surface area contributed by atoms with Gasteiger partial charge in [0, 0.05) is 18.4 Å². The Morgan fingerprint density at radius 2 is 2.08 bits per heavy atom. The van der Waals surface area contributed by atoms with E-state index in [-0.39, 0.29) is 5.91 Å². The van der Waals surface area contributed by atoms with Gasteiger partial charge in [-0.25, -0.2) is 0 Å². The number of aromatic nitrogens is 1. The zero-order valence-electron chi connectivity index (χ0n) is 14.6. The normalized spacial score (nSPS) is 10.3. The molecule has 3 aromatic rings. The summed E-state index contributed by atoms with van der Waals surface area (Å²) in [4.78, 5) is 16.3. The van der Waals surface area contributed by atoms with Crippen LogP contribution in [0.3, 0.4) is 0 Å². The molecule has 0 radical (unpaired) electrons. The predicted octanol–water partition coefficient (Wildman–Crippen LogP) is 3.27. The SMILES string of the molecule is COc1ccccc1CCNc1ccnc(C(=O)NCc2ccco2)c1. The molecule has 2 N–H and O–H groups in total. The van der Waals surface area contributed by atoms with Crippen LogP contribution in [0.15, 0.2) is 65.4 Å². The van der Waals surface area contributed by atoms with Crippen molar-refractivity contribution in [1.82, 2.24) is 10.3 Å². The van der Waals surface area contributed by atoms with E-state index in [0.29, 0.717) is 18.0 Å². The van der Waals surface area contributed by atoms with Gasteiger partial charge in [-0.15, -0.1) is 0 Å². The second-order valence-corrected chi connectivity index (χ2v) is 5.68. The highest BCUT2D eigenvalue weighted by Crippen LogP contribution is 2.18. The van der Waals surface area contributed by atoms with Crippen LogP contribution in [0, 0.1) is 0 Å². The first kappa shape index (κ1) is 17.5. The van der Waals surface area contributed by atoms with Gasteiger partial charge in [0.05, 0.1) is 19.9 Å². The number of methoxy groups -OCH3 is 1. The lowest BCUT2D eigenvalue weighted by Gasteiger charge is -2.10. The largest absolute Gasteiger partial charge is 0.496 e. The number of carbonyl (C=O) groups excluding carboxylic acids is 1. The number of anilines is 1. The molecule has 0 atom stereocenters. The van der Waals surface area contributed by atoms with E-state index in [0.717, 1.165) is 30.0 Å². The van der Waals surface area contributed by atoms with Crippen LogP contribution in [-0.2, 0) is 13.0 Å². The van der Waals surface area contributed by atoms with Crippen LogP contribution in [0.25, 0.3) is 0 Å². The first-order valence-electron chi connectivity index (χ1n) is 8.38. The Balaban J connectivity index is 1.54. The number of benzene rings is 1. The van der Waals surface area contributed by atoms with Crippen molar-refractivity contribution in [3.05, 3.63) is 78.0 Å². The molecular weight excluding hydrogens is 330 g/mol. The van der Waals surface area contributed by atoms with Gasteiger partial charge in [0.25, 0.3) is 5.91 Å². The summed E-state index contributed by atoms with van der Waals surface area (Å²) in [5.74, 6) is 1.33. The Kier molecular flexibility index (Phi) is 5.88. The molecule has 26 heavy (non-hydrogen) atoms. The van der Waals surface area contributed by atoms with Crippen LogP contribution in [-0.4, -0.2) is 24.5 Å². The third-order valence-electron chi connectivity index (χ3n) is 3.91. The molecule has 1 amide bonds. The molecule has 0 fully saturated rings.